The Bertz CT molecular complexity index is 215. The van der Waals surface area contributed by atoms with Gasteiger partial charge in [-0.3, -0.25) is 0 Å². The molecule has 1 unspecified atom stereocenters. The lowest BCUT2D eigenvalue weighted by Gasteiger charge is -2.18. The third-order valence-corrected chi connectivity index (χ3v) is 3.51. The number of hydrogen-bond acceptors (Lipinski definition) is 2. The van der Waals surface area contributed by atoms with Gasteiger partial charge in [-0.15, -0.1) is 11.5 Å². The molecule has 0 spiro atoms. The summed E-state index contributed by atoms with van der Waals surface area (Å²) in [7, 11) is 0. The number of nitroso groups, excluding NO2 is 1. The van der Waals surface area contributed by atoms with E-state index in [1.54, 1.807) is 6.08 Å². The van der Waals surface area contributed by atoms with Gasteiger partial charge in [0.1, 0.15) is 5.54 Å². The Balaban J connectivity index is 3.67. The van der Waals surface area contributed by atoms with Crippen LogP contribution in [0.4, 0.5) is 0 Å². The smallest absolute Gasteiger partial charge is 0.118 e. The topological polar surface area (TPSA) is 29.4 Å². The molecule has 0 N–H and O–H groups in total. The van der Waals surface area contributed by atoms with Gasteiger partial charge in [-0.05, 0) is 25.2 Å². The molecule has 2 atom stereocenters. The molecule has 0 aliphatic heterocycles. The highest BCUT2D eigenvalue weighted by Gasteiger charge is 2.20. The number of hydrogen-bond donors (Lipinski definition) is 0. The minimum atomic E-state index is -0.558. The molecule has 0 saturated heterocycles. The van der Waals surface area contributed by atoms with E-state index < -0.39 is 5.54 Å². The van der Waals surface area contributed by atoms with E-state index in [0.29, 0.717) is 0 Å². The van der Waals surface area contributed by atoms with Crippen molar-refractivity contribution in [1.82, 2.24) is 0 Å². The molecule has 0 aromatic rings. The van der Waals surface area contributed by atoms with E-state index in [2.05, 4.69) is 32.5 Å². The second-order valence-corrected chi connectivity index (χ2v) is 5.97. The third-order valence-electron chi connectivity index (χ3n) is 3.51. The molecule has 0 aliphatic carbocycles. The van der Waals surface area contributed by atoms with Crippen LogP contribution in [0.3, 0.4) is 0 Å². The molecule has 0 radical (unpaired) electrons. The van der Waals surface area contributed by atoms with E-state index in [1.807, 2.05) is 6.92 Å². The lowest BCUT2D eigenvalue weighted by molar-refractivity contribution is 0.400. The quantitative estimate of drug-likeness (QED) is 0.374. The molecule has 0 rings (SSSR count). The van der Waals surface area contributed by atoms with Gasteiger partial charge in [-0.2, -0.15) is 0 Å². The Morgan fingerprint density at radius 2 is 1.76 bits per heavy atom. The fourth-order valence-electron chi connectivity index (χ4n) is 2.01. The Hall–Kier alpha value is -0.660. The lowest BCUT2D eigenvalue weighted by Crippen LogP contribution is -2.17. The van der Waals surface area contributed by atoms with Gasteiger partial charge in [0.15, 0.2) is 0 Å². The van der Waals surface area contributed by atoms with Crippen molar-refractivity contribution in [2.45, 2.75) is 71.8 Å². The van der Waals surface area contributed by atoms with Crippen molar-refractivity contribution in [3.63, 3.8) is 0 Å². The van der Waals surface area contributed by atoms with Crippen LogP contribution in [0.15, 0.2) is 17.8 Å². The van der Waals surface area contributed by atoms with Crippen molar-refractivity contribution < 1.29 is 0 Å². The molecule has 17 heavy (non-hydrogen) atoms. The van der Waals surface area contributed by atoms with E-state index >= 15 is 0 Å². The standard InChI is InChI=1S/C15H29NO/c1-6-15(5,16-17)12-8-11-14(4)10-7-9-13(2)3/h6,13-14H,1,7-12H2,2-5H3/t14-,15?/m1/s1. The van der Waals surface area contributed by atoms with Crippen molar-refractivity contribution in [2.24, 2.45) is 17.0 Å². The average Bonchev–Trinajstić information content (AvgIpc) is 2.28. The molecule has 0 aliphatic rings. The lowest BCUT2D eigenvalue weighted by atomic mass is 9.91. The highest BCUT2D eigenvalue weighted by Crippen LogP contribution is 2.23. The minimum Gasteiger partial charge on any atom is -0.150 e. The zero-order valence-electron chi connectivity index (χ0n) is 12.0. The zero-order chi connectivity index (χ0) is 13.3. The van der Waals surface area contributed by atoms with Crippen LogP contribution < -0.4 is 0 Å². The van der Waals surface area contributed by atoms with Crippen LogP contribution in [0, 0.1) is 16.7 Å². The van der Waals surface area contributed by atoms with E-state index in [9.17, 15) is 4.91 Å². The van der Waals surface area contributed by atoms with Crippen LogP contribution in [0.25, 0.3) is 0 Å². The van der Waals surface area contributed by atoms with Gasteiger partial charge >= 0.3 is 0 Å². The molecular formula is C15H29NO. The van der Waals surface area contributed by atoms with Crippen molar-refractivity contribution in [1.29, 1.82) is 0 Å². The van der Waals surface area contributed by atoms with Crippen molar-refractivity contribution in [2.75, 3.05) is 0 Å². The van der Waals surface area contributed by atoms with Crippen molar-refractivity contribution in [3.8, 4) is 0 Å². The second kappa shape index (κ2) is 8.43. The van der Waals surface area contributed by atoms with Gasteiger partial charge in [-0.25, -0.2) is 0 Å². The van der Waals surface area contributed by atoms with Gasteiger partial charge in [0.05, 0.1) is 0 Å². The fourth-order valence-corrected chi connectivity index (χ4v) is 2.01. The zero-order valence-corrected chi connectivity index (χ0v) is 12.0. The predicted octanol–water partition coefficient (Wildman–Crippen LogP) is 5.33. The summed E-state index contributed by atoms with van der Waals surface area (Å²) in [6.07, 6.45) is 8.71. The van der Waals surface area contributed by atoms with Crippen molar-refractivity contribution in [3.05, 3.63) is 17.6 Å². The summed E-state index contributed by atoms with van der Waals surface area (Å²) in [5.41, 5.74) is -0.558. The molecule has 0 heterocycles. The summed E-state index contributed by atoms with van der Waals surface area (Å²) in [5, 5.41) is 3.15. The van der Waals surface area contributed by atoms with Crippen LogP contribution in [0.5, 0.6) is 0 Å². The van der Waals surface area contributed by atoms with Crippen LogP contribution in [-0.4, -0.2) is 5.54 Å². The molecule has 0 saturated carbocycles. The highest BCUT2D eigenvalue weighted by atomic mass is 16.3. The molecule has 2 heteroatoms. The highest BCUT2D eigenvalue weighted by molar-refractivity contribution is 4.98. The van der Waals surface area contributed by atoms with Gasteiger partial charge in [0.25, 0.3) is 0 Å². The van der Waals surface area contributed by atoms with Crippen molar-refractivity contribution >= 4 is 0 Å². The predicted molar refractivity (Wildman–Crippen MR) is 76.1 cm³/mol. The SMILES string of the molecule is C=CC(C)(CCC[C@H](C)CCCC(C)C)N=O. The first-order valence-electron chi connectivity index (χ1n) is 6.91. The molecule has 0 aromatic carbocycles. The summed E-state index contributed by atoms with van der Waals surface area (Å²) in [6, 6.07) is 0. The van der Waals surface area contributed by atoms with Gasteiger partial charge in [-0.1, -0.05) is 64.1 Å². The Kier molecular flexibility index (Phi) is 8.11. The number of nitrogens with zero attached hydrogens (tertiary/aromatic N) is 1. The van der Waals surface area contributed by atoms with E-state index in [0.717, 1.165) is 24.7 Å². The molecule has 2 nitrogen and oxygen atoms in total. The van der Waals surface area contributed by atoms with Gasteiger partial charge < -0.3 is 0 Å². The fraction of sp³-hybridized carbons (Fsp3) is 0.867. The van der Waals surface area contributed by atoms with Crippen LogP contribution in [0.2, 0.25) is 0 Å². The molecule has 0 bridgehead atoms. The molecule has 100 valence electrons. The maximum atomic E-state index is 10.7. The van der Waals surface area contributed by atoms with Crippen LogP contribution in [0.1, 0.15) is 66.2 Å². The summed E-state index contributed by atoms with van der Waals surface area (Å²) in [5.74, 6) is 1.57. The van der Waals surface area contributed by atoms with Gasteiger partial charge in [0.2, 0.25) is 0 Å². The summed E-state index contributed by atoms with van der Waals surface area (Å²) in [6.45, 7) is 12.4. The second-order valence-electron chi connectivity index (χ2n) is 5.97. The first-order chi connectivity index (χ1) is 7.93. The van der Waals surface area contributed by atoms with E-state index in [1.165, 1.54) is 25.7 Å². The molecule has 0 fully saturated rings. The number of rotatable bonds is 10. The van der Waals surface area contributed by atoms with E-state index in [4.69, 9.17) is 0 Å². The Morgan fingerprint density at radius 3 is 2.24 bits per heavy atom. The Labute approximate surface area is 107 Å². The largest absolute Gasteiger partial charge is 0.150 e. The third kappa shape index (κ3) is 8.12. The summed E-state index contributed by atoms with van der Waals surface area (Å²) >= 11 is 0. The molecule has 0 amide bonds. The maximum Gasteiger partial charge on any atom is 0.118 e. The average molecular weight is 239 g/mol. The Morgan fingerprint density at radius 1 is 1.18 bits per heavy atom. The normalized spacial score (nSPS) is 16.5. The molecular weight excluding hydrogens is 210 g/mol. The summed E-state index contributed by atoms with van der Waals surface area (Å²) < 4.78 is 0. The van der Waals surface area contributed by atoms with Gasteiger partial charge in [0, 0.05) is 0 Å². The monoisotopic (exact) mass is 239 g/mol. The van der Waals surface area contributed by atoms with E-state index in [-0.39, 0.29) is 0 Å². The van der Waals surface area contributed by atoms with Crippen LogP contribution in [-0.2, 0) is 0 Å². The first-order valence-corrected chi connectivity index (χ1v) is 6.91. The summed E-state index contributed by atoms with van der Waals surface area (Å²) in [4.78, 5) is 10.7. The van der Waals surface area contributed by atoms with Crippen LogP contribution >= 0.6 is 0 Å². The molecule has 0 aromatic heterocycles. The first kappa shape index (κ1) is 16.3. The minimum absolute atomic E-state index is 0.558. The maximum absolute atomic E-state index is 10.7.